The molecule has 1 aromatic carbocycles. The first-order chi connectivity index (χ1) is 11.4. The third-order valence-corrected chi connectivity index (χ3v) is 3.93. The summed E-state index contributed by atoms with van der Waals surface area (Å²) in [5.41, 5.74) is 0.220. The quantitative estimate of drug-likeness (QED) is 0.702. The van der Waals surface area contributed by atoms with Gasteiger partial charge in [-0.25, -0.2) is 9.78 Å². The second kappa shape index (κ2) is 5.77. The molecule has 0 aliphatic heterocycles. The molecule has 7 heteroatoms. The molecule has 2 aromatic heterocycles. The Hall–Kier alpha value is -3.22. The van der Waals surface area contributed by atoms with Gasteiger partial charge in [0.05, 0.1) is 10.9 Å². The highest BCUT2D eigenvalue weighted by atomic mass is 16.3. The Kier molecular flexibility index (Phi) is 3.76. The molecule has 0 atom stereocenters. The van der Waals surface area contributed by atoms with Gasteiger partial charge in [-0.2, -0.15) is 0 Å². The topological polar surface area (TPSA) is 105 Å². The van der Waals surface area contributed by atoms with E-state index >= 15 is 0 Å². The van der Waals surface area contributed by atoms with Crippen molar-refractivity contribution in [2.75, 3.05) is 0 Å². The molecule has 3 aromatic rings. The van der Waals surface area contributed by atoms with Crippen molar-refractivity contribution in [3.63, 3.8) is 0 Å². The highest BCUT2D eigenvalue weighted by Gasteiger charge is 2.16. The number of aromatic amines is 1. The number of phenols is 1. The maximum Gasteiger partial charge on any atom is 0.329 e. The van der Waals surface area contributed by atoms with E-state index in [0.29, 0.717) is 0 Å². The van der Waals surface area contributed by atoms with Crippen molar-refractivity contribution in [3.8, 4) is 5.75 Å². The lowest BCUT2D eigenvalue weighted by Gasteiger charge is -2.08. The zero-order valence-corrected chi connectivity index (χ0v) is 13.2. The van der Waals surface area contributed by atoms with Crippen LogP contribution in [0.4, 0.5) is 0 Å². The Morgan fingerprint density at radius 1 is 1.29 bits per heavy atom. The van der Waals surface area contributed by atoms with Crippen LogP contribution in [0, 0.1) is 0 Å². The molecule has 2 N–H and O–H groups in total. The number of hydrogen-bond donors (Lipinski definition) is 2. The van der Waals surface area contributed by atoms with Crippen LogP contribution in [-0.2, 0) is 13.5 Å². The number of pyridine rings is 1. The molecule has 0 spiro atoms. The van der Waals surface area contributed by atoms with Crippen LogP contribution in [0.15, 0.2) is 40.1 Å². The molecule has 0 unspecified atom stereocenters. The molecule has 2 heterocycles. The minimum absolute atomic E-state index is 0.133. The van der Waals surface area contributed by atoms with Gasteiger partial charge in [0.15, 0.2) is 5.78 Å². The summed E-state index contributed by atoms with van der Waals surface area (Å²) < 4.78 is 1.19. The van der Waals surface area contributed by atoms with Crippen molar-refractivity contribution in [2.24, 2.45) is 7.05 Å². The third-order valence-electron chi connectivity index (χ3n) is 3.93. The monoisotopic (exact) mass is 325 g/mol. The first kappa shape index (κ1) is 15.7. The lowest BCUT2D eigenvalue weighted by Crippen LogP contribution is -2.29. The summed E-state index contributed by atoms with van der Waals surface area (Å²) in [5.74, 6) is -0.572. The average Bonchev–Trinajstić information content (AvgIpc) is 2.59. The molecule has 122 valence electrons. The highest BCUT2D eigenvalue weighted by Crippen LogP contribution is 2.22. The number of ketones is 1. The molecule has 3 rings (SSSR count). The van der Waals surface area contributed by atoms with Crippen LogP contribution >= 0.6 is 0 Å². The van der Waals surface area contributed by atoms with Crippen molar-refractivity contribution in [1.82, 2.24) is 14.5 Å². The molecule has 24 heavy (non-hydrogen) atoms. The fourth-order valence-corrected chi connectivity index (χ4v) is 2.50. The molecular formula is C17H15N3O4. The number of H-pyrrole nitrogens is 1. The highest BCUT2D eigenvalue weighted by molar-refractivity contribution is 6.11. The maximum atomic E-state index is 12.7. The maximum absolute atomic E-state index is 12.7. The van der Waals surface area contributed by atoms with Crippen molar-refractivity contribution >= 4 is 16.8 Å². The second-order valence-electron chi connectivity index (χ2n) is 5.45. The lowest BCUT2D eigenvalue weighted by atomic mass is 10.00. The summed E-state index contributed by atoms with van der Waals surface area (Å²) in [6.07, 6.45) is 2.01. The Balaban J connectivity index is 2.18. The zero-order valence-electron chi connectivity index (χ0n) is 13.2. The summed E-state index contributed by atoms with van der Waals surface area (Å²) in [7, 11) is 1.48. The van der Waals surface area contributed by atoms with Crippen molar-refractivity contribution in [2.45, 2.75) is 13.3 Å². The predicted molar refractivity (Wildman–Crippen MR) is 88.5 cm³/mol. The van der Waals surface area contributed by atoms with Gasteiger partial charge in [0.2, 0.25) is 0 Å². The number of phenolic OH excluding ortho intramolecular Hbond substituents is 1. The molecule has 0 saturated heterocycles. The van der Waals surface area contributed by atoms with Crippen LogP contribution < -0.4 is 11.2 Å². The lowest BCUT2D eigenvalue weighted by molar-refractivity contribution is 0.103. The van der Waals surface area contributed by atoms with Gasteiger partial charge >= 0.3 is 5.69 Å². The molecule has 7 nitrogen and oxygen atoms in total. The zero-order chi connectivity index (χ0) is 17.4. The number of benzene rings is 1. The number of nitrogens with zero attached hydrogens (tertiary/aromatic N) is 2. The smallest absolute Gasteiger partial charge is 0.329 e. The number of carbonyl (C=O) groups excluding carboxylic acids is 1. The van der Waals surface area contributed by atoms with Crippen LogP contribution in [0.5, 0.6) is 5.75 Å². The summed E-state index contributed by atoms with van der Waals surface area (Å²) >= 11 is 0. The van der Waals surface area contributed by atoms with E-state index in [-0.39, 0.29) is 27.9 Å². The number of fused-ring (bicyclic) bond motifs is 1. The summed E-state index contributed by atoms with van der Waals surface area (Å²) in [5, 5.41) is 10.1. The minimum Gasteiger partial charge on any atom is -0.507 e. The Labute approximate surface area is 136 Å². The fourth-order valence-electron chi connectivity index (χ4n) is 2.50. The van der Waals surface area contributed by atoms with Gasteiger partial charge in [0.25, 0.3) is 5.56 Å². The number of nitrogens with one attached hydrogen (secondary N) is 1. The Morgan fingerprint density at radius 2 is 2.04 bits per heavy atom. The second-order valence-corrected chi connectivity index (χ2v) is 5.45. The molecule has 0 aliphatic carbocycles. The molecule has 0 amide bonds. The number of aromatic hydroxyl groups is 1. The first-order valence-electron chi connectivity index (χ1n) is 7.38. The fraction of sp³-hybridized carbons (Fsp3) is 0.176. The largest absolute Gasteiger partial charge is 0.507 e. The predicted octanol–water partition coefficient (Wildman–Crippen LogP) is 1.12. The van der Waals surface area contributed by atoms with Crippen molar-refractivity contribution < 1.29 is 9.90 Å². The van der Waals surface area contributed by atoms with Crippen LogP contribution in [0.1, 0.15) is 28.4 Å². The van der Waals surface area contributed by atoms with Crippen molar-refractivity contribution in [3.05, 3.63) is 68.0 Å². The van der Waals surface area contributed by atoms with Gasteiger partial charge in [-0.3, -0.25) is 19.1 Å². The number of carbonyl (C=O) groups is 1. The van der Waals surface area contributed by atoms with E-state index in [4.69, 9.17) is 0 Å². The van der Waals surface area contributed by atoms with E-state index in [0.717, 1.165) is 12.0 Å². The first-order valence-corrected chi connectivity index (χ1v) is 7.38. The van der Waals surface area contributed by atoms with E-state index in [1.54, 1.807) is 12.1 Å². The Morgan fingerprint density at radius 3 is 2.75 bits per heavy atom. The summed E-state index contributed by atoms with van der Waals surface area (Å²) in [6, 6.07) is 6.20. The molecule has 0 aliphatic rings. The van der Waals surface area contributed by atoms with Crippen LogP contribution in [-0.4, -0.2) is 25.4 Å². The molecule has 0 fully saturated rings. The van der Waals surface area contributed by atoms with Crippen LogP contribution in [0.2, 0.25) is 0 Å². The van der Waals surface area contributed by atoms with E-state index < -0.39 is 17.0 Å². The SMILES string of the molecule is CCc1ccc(O)c(C(=O)c2cnc3c(c2)c(=O)[nH]c(=O)n3C)c1. The van der Waals surface area contributed by atoms with E-state index in [2.05, 4.69) is 9.97 Å². The Bertz CT molecular complexity index is 1080. The van der Waals surface area contributed by atoms with Gasteiger partial charge in [-0.15, -0.1) is 0 Å². The molecule has 0 radical (unpaired) electrons. The standard InChI is InChI=1S/C17H15N3O4/c1-3-9-4-5-13(21)11(6-9)14(22)10-7-12-15(18-8-10)20(2)17(24)19-16(12)23/h4-8,21H,3H2,1-2H3,(H,19,23,24). The summed E-state index contributed by atoms with van der Waals surface area (Å²) in [4.78, 5) is 42.4. The molecule has 0 saturated carbocycles. The van der Waals surface area contributed by atoms with Crippen LogP contribution in [0.25, 0.3) is 11.0 Å². The third kappa shape index (κ3) is 2.50. The van der Waals surface area contributed by atoms with E-state index in [1.165, 1.54) is 29.9 Å². The molecular weight excluding hydrogens is 310 g/mol. The van der Waals surface area contributed by atoms with Crippen LogP contribution in [0.3, 0.4) is 0 Å². The normalized spacial score (nSPS) is 10.9. The number of hydrogen-bond acceptors (Lipinski definition) is 5. The van der Waals surface area contributed by atoms with Gasteiger partial charge in [-0.1, -0.05) is 13.0 Å². The molecule has 0 bridgehead atoms. The van der Waals surface area contributed by atoms with Gasteiger partial charge in [-0.05, 0) is 30.2 Å². The number of aromatic nitrogens is 3. The van der Waals surface area contributed by atoms with E-state index in [9.17, 15) is 19.5 Å². The van der Waals surface area contributed by atoms with E-state index in [1.807, 2.05) is 6.92 Å². The van der Waals surface area contributed by atoms with Crippen molar-refractivity contribution in [1.29, 1.82) is 0 Å². The van der Waals surface area contributed by atoms with Gasteiger partial charge in [0.1, 0.15) is 11.4 Å². The number of rotatable bonds is 3. The minimum atomic E-state index is -0.609. The summed E-state index contributed by atoms with van der Waals surface area (Å²) in [6.45, 7) is 1.94. The van der Waals surface area contributed by atoms with Gasteiger partial charge in [0, 0.05) is 18.8 Å². The average molecular weight is 325 g/mol. The number of aryl methyl sites for hydroxylation is 2. The van der Waals surface area contributed by atoms with Gasteiger partial charge < -0.3 is 5.11 Å².